The molecule has 0 aliphatic rings. The molecule has 0 N–H and O–H groups in total. The first-order valence-electron chi connectivity index (χ1n) is 2.91. The Morgan fingerprint density at radius 1 is 0.889 bits per heavy atom. The van der Waals surface area contributed by atoms with Gasteiger partial charge in [-0.25, -0.2) is 0 Å². The van der Waals surface area contributed by atoms with Crippen LogP contribution in [0.2, 0.25) is 0 Å². The zero-order valence-corrected chi connectivity index (χ0v) is 5.62. The van der Waals surface area contributed by atoms with E-state index in [1.807, 2.05) is 37.3 Å². The van der Waals surface area contributed by atoms with Gasteiger partial charge < -0.3 is 0 Å². The monoisotopic (exact) mass is 119 g/mol. The third-order valence-electron chi connectivity index (χ3n) is 0.748. The molecular weight excluding hydrogens is 108 g/mol. The van der Waals surface area contributed by atoms with Crippen molar-refractivity contribution in [3.8, 4) is 0 Å². The van der Waals surface area contributed by atoms with Crippen LogP contribution in [0.3, 0.4) is 0 Å². The van der Waals surface area contributed by atoms with Gasteiger partial charge in [-0.05, 0) is 6.92 Å². The topological polar surface area (TPSA) is 0 Å². The molecule has 0 heteroatoms. The second-order valence-electron chi connectivity index (χ2n) is 1.49. The van der Waals surface area contributed by atoms with Gasteiger partial charge in [0, 0.05) is 0 Å². The summed E-state index contributed by atoms with van der Waals surface area (Å²) in [4.78, 5) is 0. The van der Waals surface area contributed by atoms with Crippen molar-refractivity contribution in [3.63, 3.8) is 0 Å². The molecule has 0 bridgehead atoms. The fourth-order valence-corrected chi connectivity index (χ4v) is 0.368. The minimum absolute atomic E-state index is 1.50. The average molecular weight is 119 g/mol. The molecule has 0 aliphatic carbocycles. The van der Waals surface area contributed by atoms with Crippen LogP contribution >= 0.6 is 0 Å². The quantitative estimate of drug-likeness (QED) is 0.501. The highest BCUT2D eigenvalue weighted by Crippen LogP contribution is 1.79. The summed E-state index contributed by atoms with van der Waals surface area (Å²) in [7, 11) is 0. The first-order chi connectivity index (χ1) is 4.41. The van der Waals surface area contributed by atoms with Crippen LogP contribution < -0.4 is 0 Å². The van der Waals surface area contributed by atoms with Crippen molar-refractivity contribution in [3.05, 3.63) is 49.1 Å². The third kappa shape index (κ3) is 6.96. The second-order valence-corrected chi connectivity index (χ2v) is 1.49. The van der Waals surface area contributed by atoms with E-state index in [1.54, 1.807) is 6.08 Å². The Morgan fingerprint density at radius 2 is 1.44 bits per heavy atom. The standard InChI is InChI=1S/C9H11/c1-3-5-7-9-8-6-4-2/h1,3-9H,2H3/b3-1?,6-4+,7-5+,9-8+. The lowest BCUT2D eigenvalue weighted by molar-refractivity contribution is 1.73. The van der Waals surface area contributed by atoms with Crippen molar-refractivity contribution in [2.75, 3.05) is 0 Å². The summed E-state index contributed by atoms with van der Waals surface area (Å²) >= 11 is 0. The minimum Gasteiger partial charge on any atom is -0.0877 e. The van der Waals surface area contributed by atoms with E-state index >= 15 is 0 Å². The summed E-state index contributed by atoms with van der Waals surface area (Å²) in [6.07, 6.45) is 12.9. The van der Waals surface area contributed by atoms with Crippen LogP contribution in [0, 0.1) is 6.58 Å². The number of hydrogen-bond donors (Lipinski definition) is 0. The lowest BCUT2D eigenvalue weighted by Crippen LogP contribution is -1.47. The molecule has 0 nitrogen and oxygen atoms in total. The van der Waals surface area contributed by atoms with Gasteiger partial charge in [0.1, 0.15) is 0 Å². The Bertz CT molecular complexity index is 136. The van der Waals surface area contributed by atoms with Crippen LogP contribution in [0.4, 0.5) is 0 Å². The molecular formula is C9H11. The maximum absolute atomic E-state index is 5.08. The Labute approximate surface area is 56.9 Å². The highest BCUT2D eigenvalue weighted by atomic mass is 13.6. The van der Waals surface area contributed by atoms with Gasteiger partial charge in [0.25, 0.3) is 0 Å². The van der Waals surface area contributed by atoms with Gasteiger partial charge in [-0.15, -0.1) is 0 Å². The molecule has 0 aromatic heterocycles. The average Bonchev–Trinajstić information content (AvgIpc) is 1.89. The van der Waals surface area contributed by atoms with Crippen molar-refractivity contribution in [2.24, 2.45) is 0 Å². The fourth-order valence-electron chi connectivity index (χ4n) is 0.368. The Morgan fingerprint density at radius 3 is 2.00 bits per heavy atom. The molecule has 0 atom stereocenters. The van der Waals surface area contributed by atoms with Crippen molar-refractivity contribution in [2.45, 2.75) is 6.92 Å². The first kappa shape index (κ1) is 7.96. The smallest absolute Gasteiger partial charge is 0.0467 e. The van der Waals surface area contributed by atoms with Crippen molar-refractivity contribution >= 4 is 0 Å². The van der Waals surface area contributed by atoms with E-state index in [4.69, 9.17) is 6.58 Å². The van der Waals surface area contributed by atoms with Gasteiger partial charge >= 0.3 is 0 Å². The molecule has 0 rings (SSSR count). The summed E-state index contributed by atoms with van der Waals surface area (Å²) in [6, 6.07) is 0. The van der Waals surface area contributed by atoms with Gasteiger partial charge in [-0.2, -0.15) is 0 Å². The number of allylic oxidation sites excluding steroid dienone is 7. The highest BCUT2D eigenvalue weighted by molar-refractivity contribution is 5.13. The van der Waals surface area contributed by atoms with Gasteiger partial charge in [-0.1, -0.05) is 49.1 Å². The predicted octanol–water partition coefficient (Wildman–Crippen LogP) is 2.66. The first-order valence-corrected chi connectivity index (χ1v) is 2.91. The lowest BCUT2D eigenvalue weighted by atomic mass is 10.4. The Kier molecular flexibility index (Phi) is 6.16. The van der Waals surface area contributed by atoms with Crippen LogP contribution in [-0.4, -0.2) is 0 Å². The molecule has 0 spiro atoms. The van der Waals surface area contributed by atoms with E-state index in [9.17, 15) is 0 Å². The summed E-state index contributed by atoms with van der Waals surface area (Å²) in [6.45, 7) is 7.05. The van der Waals surface area contributed by atoms with Gasteiger partial charge in [0.2, 0.25) is 0 Å². The lowest BCUT2D eigenvalue weighted by Gasteiger charge is -1.69. The van der Waals surface area contributed by atoms with E-state index in [-0.39, 0.29) is 0 Å². The van der Waals surface area contributed by atoms with Gasteiger partial charge in [-0.3, -0.25) is 0 Å². The maximum Gasteiger partial charge on any atom is -0.0467 e. The van der Waals surface area contributed by atoms with Crippen LogP contribution in [-0.2, 0) is 0 Å². The van der Waals surface area contributed by atoms with Crippen LogP contribution in [0.25, 0.3) is 0 Å². The largest absolute Gasteiger partial charge is 0.0877 e. The summed E-state index contributed by atoms with van der Waals surface area (Å²) in [5.41, 5.74) is 0. The highest BCUT2D eigenvalue weighted by Gasteiger charge is 1.57. The zero-order chi connectivity index (χ0) is 6.95. The van der Waals surface area contributed by atoms with Crippen LogP contribution in [0.5, 0.6) is 0 Å². The normalized spacial score (nSPS) is 12.1. The SMILES string of the molecule is [CH]=C/C=C/C=C/C=C/C. The number of hydrogen-bond acceptors (Lipinski definition) is 0. The molecule has 0 aromatic carbocycles. The third-order valence-corrected chi connectivity index (χ3v) is 0.748. The van der Waals surface area contributed by atoms with Crippen molar-refractivity contribution < 1.29 is 0 Å². The van der Waals surface area contributed by atoms with E-state index in [1.165, 1.54) is 6.08 Å². The van der Waals surface area contributed by atoms with Crippen molar-refractivity contribution in [1.82, 2.24) is 0 Å². The summed E-state index contributed by atoms with van der Waals surface area (Å²) in [5, 5.41) is 0. The molecule has 0 aromatic rings. The fraction of sp³-hybridized carbons (Fsp3) is 0.111. The zero-order valence-electron chi connectivity index (χ0n) is 5.62. The van der Waals surface area contributed by atoms with E-state index < -0.39 is 0 Å². The minimum atomic E-state index is 1.50. The predicted molar refractivity (Wildman–Crippen MR) is 42.0 cm³/mol. The van der Waals surface area contributed by atoms with Gasteiger partial charge in [0.15, 0.2) is 0 Å². The maximum atomic E-state index is 5.08. The van der Waals surface area contributed by atoms with E-state index in [0.717, 1.165) is 0 Å². The molecule has 0 unspecified atom stereocenters. The molecule has 0 amide bonds. The molecule has 1 radical (unpaired) electrons. The molecule has 0 saturated carbocycles. The van der Waals surface area contributed by atoms with Crippen molar-refractivity contribution in [1.29, 1.82) is 0 Å². The summed E-state index contributed by atoms with van der Waals surface area (Å²) < 4.78 is 0. The molecule has 47 valence electrons. The van der Waals surface area contributed by atoms with E-state index in [2.05, 4.69) is 0 Å². The van der Waals surface area contributed by atoms with Gasteiger partial charge in [0.05, 0.1) is 0 Å². The van der Waals surface area contributed by atoms with Crippen LogP contribution in [0.1, 0.15) is 6.92 Å². The summed E-state index contributed by atoms with van der Waals surface area (Å²) in [5.74, 6) is 0. The van der Waals surface area contributed by atoms with Crippen LogP contribution in [0.15, 0.2) is 42.5 Å². The van der Waals surface area contributed by atoms with E-state index in [0.29, 0.717) is 0 Å². The Hall–Kier alpha value is -1.04. The second kappa shape index (κ2) is 6.96. The molecule has 0 saturated heterocycles. The Balaban J connectivity index is 3.46. The molecule has 0 fully saturated rings. The molecule has 9 heavy (non-hydrogen) atoms. The number of rotatable bonds is 3. The molecule has 0 heterocycles. The molecule has 0 aliphatic heterocycles.